The van der Waals surface area contributed by atoms with E-state index in [9.17, 15) is 33.0 Å². The van der Waals surface area contributed by atoms with Gasteiger partial charge >= 0.3 is 12.1 Å². The van der Waals surface area contributed by atoms with Crippen molar-refractivity contribution in [3.8, 4) is 17.0 Å². The van der Waals surface area contributed by atoms with Crippen molar-refractivity contribution in [3.63, 3.8) is 0 Å². The van der Waals surface area contributed by atoms with Gasteiger partial charge < -0.3 is 10.2 Å². The van der Waals surface area contributed by atoms with Crippen LogP contribution in [0.5, 0.6) is 5.75 Å². The maximum absolute atomic E-state index is 13.5. The fraction of sp³-hybridized carbons (Fsp3) is 0.0476. The lowest BCUT2D eigenvalue weighted by Gasteiger charge is -2.13. The summed E-state index contributed by atoms with van der Waals surface area (Å²) in [5, 5.41) is 22.7. The van der Waals surface area contributed by atoms with Crippen LogP contribution in [-0.2, 0) is 6.18 Å². The lowest BCUT2D eigenvalue weighted by atomic mass is 10.1. The van der Waals surface area contributed by atoms with Crippen molar-refractivity contribution in [2.24, 2.45) is 0 Å². The smallest absolute Gasteiger partial charge is 0.417 e. The minimum atomic E-state index is -4.84. The molecule has 0 radical (unpaired) electrons. The minimum Gasteiger partial charge on any atom is -0.507 e. The number of hydrogen-bond acceptors (Lipinski definition) is 5. The van der Waals surface area contributed by atoms with Crippen LogP contribution < -0.4 is 0 Å². The highest BCUT2D eigenvalue weighted by Crippen LogP contribution is 2.36. The van der Waals surface area contributed by atoms with Crippen LogP contribution in [0.4, 0.5) is 13.2 Å². The molecule has 0 amide bonds. The van der Waals surface area contributed by atoms with Crippen LogP contribution >= 0.6 is 11.6 Å². The Morgan fingerprint density at radius 3 is 2.50 bits per heavy atom. The number of fused-ring (bicyclic) bond motifs is 1. The summed E-state index contributed by atoms with van der Waals surface area (Å²) in [6.07, 6.45) is -3.45. The van der Waals surface area contributed by atoms with Crippen molar-refractivity contribution in [1.29, 1.82) is 0 Å². The molecule has 2 heterocycles. The third kappa shape index (κ3) is 3.54. The predicted molar refractivity (Wildman–Crippen MR) is 108 cm³/mol. The molecule has 2 aromatic heterocycles. The molecule has 0 saturated carbocycles. The van der Waals surface area contributed by atoms with Gasteiger partial charge in [-0.1, -0.05) is 17.7 Å². The molecule has 0 aliphatic heterocycles. The van der Waals surface area contributed by atoms with E-state index < -0.39 is 45.5 Å². The van der Waals surface area contributed by atoms with Gasteiger partial charge in [-0.3, -0.25) is 9.78 Å². The molecule has 0 atom stereocenters. The van der Waals surface area contributed by atoms with Crippen LogP contribution in [0.2, 0.25) is 5.02 Å². The summed E-state index contributed by atoms with van der Waals surface area (Å²) in [5.74, 6) is -3.02. The Labute approximate surface area is 182 Å². The van der Waals surface area contributed by atoms with Gasteiger partial charge in [-0.15, -0.1) is 0 Å². The number of aromatic carboxylic acids is 1. The van der Waals surface area contributed by atoms with E-state index in [1.165, 1.54) is 24.4 Å². The number of halogens is 4. The van der Waals surface area contributed by atoms with E-state index in [4.69, 9.17) is 11.6 Å². The molecular weight excluding hydrogens is 451 g/mol. The van der Waals surface area contributed by atoms with Crippen molar-refractivity contribution in [3.05, 3.63) is 76.4 Å². The summed E-state index contributed by atoms with van der Waals surface area (Å²) in [4.78, 5) is 28.7. The molecule has 0 aliphatic rings. The van der Waals surface area contributed by atoms with Crippen LogP contribution in [0.15, 0.2) is 54.7 Å². The van der Waals surface area contributed by atoms with Gasteiger partial charge in [0.15, 0.2) is 0 Å². The van der Waals surface area contributed by atoms with Gasteiger partial charge in [0.2, 0.25) is 0 Å². The van der Waals surface area contributed by atoms with E-state index in [1.54, 1.807) is 0 Å². The fourth-order valence-corrected chi connectivity index (χ4v) is 3.49. The van der Waals surface area contributed by atoms with Gasteiger partial charge in [0.05, 0.1) is 21.7 Å². The van der Waals surface area contributed by atoms with Gasteiger partial charge in [0.25, 0.3) is 5.91 Å². The van der Waals surface area contributed by atoms with Crippen LogP contribution in [-0.4, -0.2) is 36.9 Å². The summed E-state index contributed by atoms with van der Waals surface area (Å²) in [7, 11) is 0. The first-order chi connectivity index (χ1) is 15.1. The van der Waals surface area contributed by atoms with Gasteiger partial charge in [-0.25, -0.2) is 4.79 Å². The van der Waals surface area contributed by atoms with Gasteiger partial charge in [0.1, 0.15) is 22.5 Å². The number of aromatic nitrogens is 3. The predicted octanol–water partition coefficient (Wildman–Crippen LogP) is 4.86. The molecule has 2 aromatic carbocycles. The minimum absolute atomic E-state index is 0.0389. The third-order valence-electron chi connectivity index (χ3n) is 4.66. The number of carboxylic acid groups (broad SMARTS) is 1. The van der Waals surface area contributed by atoms with E-state index in [2.05, 4.69) is 10.1 Å². The Kier molecular flexibility index (Phi) is 5.09. The summed E-state index contributed by atoms with van der Waals surface area (Å²) < 4.78 is 41.3. The molecule has 11 heteroatoms. The van der Waals surface area contributed by atoms with Gasteiger partial charge in [0, 0.05) is 11.8 Å². The first kappa shape index (κ1) is 21.3. The second-order valence-corrected chi connectivity index (χ2v) is 7.04. The zero-order valence-corrected chi connectivity index (χ0v) is 16.5. The molecule has 0 bridgehead atoms. The fourth-order valence-electron chi connectivity index (χ4n) is 3.24. The number of pyridine rings is 1. The molecule has 0 aliphatic carbocycles. The molecule has 4 rings (SSSR count). The molecule has 7 nitrogen and oxygen atoms in total. The van der Waals surface area contributed by atoms with Crippen LogP contribution in [0.25, 0.3) is 22.3 Å². The number of carbonyl (C=O) groups excluding carboxylic acids is 1. The Balaban J connectivity index is 1.96. The largest absolute Gasteiger partial charge is 0.507 e. The van der Waals surface area contributed by atoms with Gasteiger partial charge in [-0.2, -0.15) is 23.0 Å². The van der Waals surface area contributed by atoms with Crippen LogP contribution in [0.1, 0.15) is 26.3 Å². The van der Waals surface area contributed by atoms with E-state index in [0.29, 0.717) is 0 Å². The molecule has 0 spiro atoms. The number of nitrogens with zero attached hydrogens (tertiary/aromatic N) is 3. The highest BCUT2D eigenvalue weighted by Gasteiger charge is 2.37. The molecule has 0 unspecified atom stereocenters. The standard InChI is InChI=1S/C21H11ClF3N3O4/c22-13-4-1-3-12(21(23,24)25)16(13)19(30)28-14-5-2-8-26-18(14)17(27-28)10-6-7-15(29)11(9-10)20(31)32/h1-9,29H,(H,31,32). The molecule has 162 valence electrons. The maximum Gasteiger partial charge on any atom is 0.417 e. The Hall–Kier alpha value is -3.92. The SMILES string of the molecule is O=C(O)c1cc(-c2nn(C(=O)c3c(Cl)cccc3C(F)(F)F)c3cccnc23)ccc1O. The first-order valence-electron chi connectivity index (χ1n) is 8.90. The average molecular weight is 462 g/mol. The van der Waals surface area contributed by atoms with E-state index in [-0.39, 0.29) is 22.3 Å². The van der Waals surface area contributed by atoms with Crippen molar-refractivity contribution in [2.45, 2.75) is 6.18 Å². The lowest BCUT2D eigenvalue weighted by molar-refractivity contribution is -0.137. The number of hydrogen-bond donors (Lipinski definition) is 2. The summed E-state index contributed by atoms with van der Waals surface area (Å²) in [6, 6.07) is 9.48. The Bertz CT molecular complexity index is 1400. The number of phenols is 1. The third-order valence-corrected chi connectivity index (χ3v) is 4.98. The monoisotopic (exact) mass is 461 g/mol. The number of alkyl halides is 3. The number of aromatic hydroxyl groups is 1. The van der Waals surface area contributed by atoms with Crippen molar-refractivity contribution in [1.82, 2.24) is 14.8 Å². The Morgan fingerprint density at radius 1 is 1.06 bits per heavy atom. The molecule has 4 aromatic rings. The number of carbonyl (C=O) groups is 2. The van der Waals surface area contributed by atoms with Crippen molar-refractivity contribution < 1.29 is 33.0 Å². The number of benzene rings is 2. The second-order valence-electron chi connectivity index (χ2n) is 6.63. The maximum atomic E-state index is 13.5. The molecular formula is C21H11ClF3N3O4. The van der Waals surface area contributed by atoms with Crippen LogP contribution in [0.3, 0.4) is 0 Å². The Morgan fingerprint density at radius 2 is 1.81 bits per heavy atom. The molecule has 0 saturated heterocycles. The zero-order chi connectivity index (χ0) is 23.2. The van der Waals surface area contributed by atoms with E-state index in [1.807, 2.05) is 0 Å². The zero-order valence-electron chi connectivity index (χ0n) is 15.8. The van der Waals surface area contributed by atoms with Crippen molar-refractivity contribution in [2.75, 3.05) is 0 Å². The van der Waals surface area contributed by atoms with Crippen molar-refractivity contribution >= 4 is 34.5 Å². The second kappa shape index (κ2) is 7.65. The van der Waals surface area contributed by atoms with E-state index in [0.717, 1.165) is 35.0 Å². The number of rotatable bonds is 3. The molecule has 32 heavy (non-hydrogen) atoms. The van der Waals surface area contributed by atoms with Crippen LogP contribution in [0, 0.1) is 0 Å². The topological polar surface area (TPSA) is 105 Å². The molecule has 0 fully saturated rings. The summed E-state index contributed by atoms with van der Waals surface area (Å²) >= 11 is 5.96. The highest BCUT2D eigenvalue weighted by molar-refractivity contribution is 6.34. The highest BCUT2D eigenvalue weighted by atomic mass is 35.5. The normalized spacial score (nSPS) is 11.6. The van der Waals surface area contributed by atoms with Gasteiger partial charge in [-0.05, 0) is 42.5 Å². The summed E-state index contributed by atoms with van der Waals surface area (Å²) in [6.45, 7) is 0. The van der Waals surface area contributed by atoms with E-state index >= 15 is 0 Å². The summed E-state index contributed by atoms with van der Waals surface area (Å²) in [5.41, 5.74) is -1.96. The quantitative estimate of drug-likeness (QED) is 0.451. The number of carboxylic acids is 1. The average Bonchev–Trinajstić information content (AvgIpc) is 3.12. The molecule has 2 N–H and O–H groups in total. The first-order valence-corrected chi connectivity index (χ1v) is 9.28. The lowest BCUT2D eigenvalue weighted by Crippen LogP contribution is -2.20.